The second-order valence-corrected chi connectivity index (χ2v) is 8.27. The van der Waals surface area contributed by atoms with Gasteiger partial charge in [0.2, 0.25) is 0 Å². The Kier molecular flexibility index (Phi) is 7.48. The quantitative estimate of drug-likeness (QED) is 0.246. The first-order valence-corrected chi connectivity index (χ1v) is 11.5. The topological polar surface area (TPSA) is 104 Å². The lowest BCUT2D eigenvalue weighted by Crippen LogP contribution is -2.17. The van der Waals surface area contributed by atoms with Gasteiger partial charge in [-0.15, -0.1) is 0 Å². The summed E-state index contributed by atoms with van der Waals surface area (Å²) >= 11 is 3.34. The van der Waals surface area contributed by atoms with Gasteiger partial charge in [-0.2, -0.15) is 10.1 Å². The Bertz CT molecular complexity index is 1320. The van der Waals surface area contributed by atoms with Crippen molar-refractivity contribution in [1.82, 2.24) is 24.9 Å². The molecule has 4 rings (SSSR count). The molecule has 9 nitrogen and oxygen atoms in total. The highest BCUT2D eigenvalue weighted by Crippen LogP contribution is 2.29. The number of aromatic nitrogens is 4. The Morgan fingerprint density at radius 3 is 2.76 bits per heavy atom. The summed E-state index contributed by atoms with van der Waals surface area (Å²) in [5.74, 6) is 1.10. The van der Waals surface area contributed by atoms with Crippen LogP contribution in [0.5, 0.6) is 17.4 Å². The first-order valence-electron chi connectivity index (χ1n) is 10.7. The zero-order valence-electron chi connectivity index (χ0n) is 18.7. The zero-order valence-corrected chi connectivity index (χ0v) is 20.3. The Morgan fingerprint density at radius 1 is 1.18 bits per heavy atom. The molecule has 0 atom stereocenters. The maximum Gasteiger partial charge on any atom is 0.271 e. The number of aryl methyl sites for hydroxylation is 1. The van der Waals surface area contributed by atoms with E-state index >= 15 is 0 Å². The van der Waals surface area contributed by atoms with Gasteiger partial charge in [-0.3, -0.25) is 4.79 Å². The number of fused-ring (bicyclic) bond motifs is 1. The number of carbonyl (C=O) groups excluding carboxylic acids is 1. The van der Waals surface area contributed by atoms with E-state index in [2.05, 4.69) is 48.3 Å². The molecule has 0 bridgehead atoms. The standard InChI is InChI=1S/C24H23BrN6O3/c1-3-4-11-31-15-28-21-22(31)26-14-27-24(21)34-19-10-7-17(20(12-19)33-2)13-29-30-23(32)16-5-8-18(25)9-6-16/h5-10,12-15H,3-4,11H2,1-2H3,(H,30,32)/b29-13+. The summed E-state index contributed by atoms with van der Waals surface area (Å²) in [5.41, 5.74) is 5.01. The molecule has 34 heavy (non-hydrogen) atoms. The number of benzene rings is 2. The number of ether oxygens (including phenoxy) is 2. The summed E-state index contributed by atoms with van der Waals surface area (Å²) < 4.78 is 14.4. The maximum absolute atomic E-state index is 12.2. The molecule has 0 unspecified atom stereocenters. The molecule has 4 aromatic rings. The van der Waals surface area contributed by atoms with Gasteiger partial charge in [-0.1, -0.05) is 29.3 Å². The third kappa shape index (κ3) is 5.40. The monoisotopic (exact) mass is 522 g/mol. The largest absolute Gasteiger partial charge is 0.496 e. The van der Waals surface area contributed by atoms with Crippen molar-refractivity contribution in [2.24, 2.45) is 5.10 Å². The Morgan fingerprint density at radius 2 is 2.00 bits per heavy atom. The Balaban J connectivity index is 1.48. The molecule has 2 aromatic carbocycles. The zero-order chi connectivity index (χ0) is 23.9. The number of methoxy groups -OCH3 is 1. The van der Waals surface area contributed by atoms with Gasteiger partial charge in [0.15, 0.2) is 11.2 Å². The summed E-state index contributed by atoms with van der Waals surface area (Å²) in [6.07, 6.45) is 6.85. The van der Waals surface area contributed by atoms with E-state index in [1.807, 2.05) is 4.57 Å². The highest BCUT2D eigenvalue weighted by molar-refractivity contribution is 9.10. The molecule has 0 spiro atoms. The minimum atomic E-state index is -0.311. The SMILES string of the molecule is CCCCn1cnc2c(Oc3ccc(/C=N/NC(=O)c4ccc(Br)cc4)c(OC)c3)ncnc21. The maximum atomic E-state index is 12.2. The smallest absolute Gasteiger partial charge is 0.271 e. The van der Waals surface area contributed by atoms with Crippen LogP contribution in [-0.4, -0.2) is 38.8 Å². The number of rotatable bonds is 9. The van der Waals surface area contributed by atoms with Crippen LogP contribution in [0.25, 0.3) is 11.2 Å². The molecule has 2 aromatic heterocycles. The molecular formula is C24H23BrN6O3. The molecule has 174 valence electrons. The number of nitrogens with one attached hydrogen (secondary N) is 1. The van der Waals surface area contributed by atoms with Crippen LogP contribution in [0.15, 0.2) is 64.7 Å². The van der Waals surface area contributed by atoms with Crippen LogP contribution in [-0.2, 0) is 6.54 Å². The number of hydrazone groups is 1. The van der Waals surface area contributed by atoms with Crippen LogP contribution in [0.1, 0.15) is 35.7 Å². The van der Waals surface area contributed by atoms with Crippen molar-refractivity contribution in [3.8, 4) is 17.4 Å². The van der Waals surface area contributed by atoms with Crippen molar-refractivity contribution in [3.05, 3.63) is 70.7 Å². The average Bonchev–Trinajstić information content (AvgIpc) is 3.27. The minimum absolute atomic E-state index is 0.311. The number of halogens is 1. The highest BCUT2D eigenvalue weighted by Gasteiger charge is 2.13. The average molecular weight is 523 g/mol. The van der Waals surface area contributed by atoms with Gasteiger partial charge in [0, 0.05) is 28.2 Å². The molecule has 0 saturated carbocycles. The third-order valence-electron chi connectivity index (χ3n) is 5.02. The molecule has 0 aliphatic rings. The first-order chi connectivity index (χ1) is 16.6. The van der Waals surface area contributed by atoms with E-state index in [4.69, 9.17) is 9.47 Å². The molecule has 2 heterocycles. The van der Waals surface area contributed by atoms with Gasteiger partial charge in [0.25, 0.3) is 11.8 Å². The number of carbonyl (C=O) groups is 1. The van der Waals surface area contributed by atoms with Crippen molar-refractivity contribution in [3.63, 3.8) is 0 Å². The predicted molar refractivity (Wildman–Crippen MR) is 133 cm³/mol. The Labute approximate surface area is 205 Å². The minimum Gasteiger partial charge on any atom is -0.496 e. The highest BCUT2D eigenvalue weighted by atomic mass is 79.9. The fraction of sp³-hybridized carbons (Fsp3) is 0.208. The number of hydrogen-bond acceptors (Lipinski definition) is 7. The van der Waals surface area contributed by atoms with E-state index < -0.39 is 0 Å². The number of amides is 1. The van der Waals surface area contributed by atoms with Crippen molar-refractivity contribution in [2.45, 2.75) is 26.3 Å². The lowest BCUT2D eigenvalue weighted by molar-refractivity contribution is 0.0955. The van der Waals surface area contributed by atoms with Crippen LogP contribution >= 0.6 is 15.9 Å². The van der Waals surface area contributed by atoms with Crippen molar-refractivity contribution < 1.29 is 14.3 Å². The fourth-order valence-electron chi connectivity index (χ4n) is 3.23. The van der Waals surface area contributed by atoms with E-state index in [0.717, 1.165) is 29.5 Å². The van der Waals surface area contributed by atoms with Crippen LogP contribution in [0.3, 0.4) is 0 Å². The van der Waals surface area contributed by atoms with Gasteiger partial charge < -0.3 is 14.0 Å². The van der Waals surface area contributed by atoms with Crippen molar-refractivity contribution >= 4 is 39.2 Å². The van der Waals surface area contributed by atoms with E-state index in [9.17, 15) is 4.79 Å². The van der Waals surface area contributed by atoms with E-state index in [-0.39, 0.29) is 5.91 Å². The van der Waals surface area contributed by atoms with Crippen LogP contribution in [0.2, 0.25) is 0 Å². The molecule has 0 saturated heterocycles. The molecule has 1 amide bonds. The van der Waals surface area contributed by atoms with Gasteiger partial charge in [0.1, 0.15) is 17.8 Å². The normalized spacial score (nSPS) is 11.1. The summed E-state index contributed by atoms with van der Waals surface area (Å²) in [6.45, 7) is 2.98. The van der Waals surface area contributed by atoms with E-state index in [0.29, 0.717) is 34.0 Å². The van der Waals surface area contributed by atoms with Gasteiger partial charge in [-0.05, 0) is 42.8 Å². The molecule has 10 heteroatoms. The number of hydrogen-bond donors (Lipinski definition) is 1. The van der Waals surface area contributed by atoms with E-state index in [1.54, 1.807) is 55.9 Å². The molecule has 0 radical (unpaired) electrons. The fourth-order valence-corrected chi connectivity index (χ4v) is 3.49. The second kappa shape index (κ2) is 10.9. The molecule has 0 aliphatic carbocycles. The van der Waals surface area contributed by atoms with Gasteiger partial charge >= 0.3 is 0 Å². The number of unbranched alkanes of at least 4 members (excludes halogenated alkanes) is 1. The summed E-state index contributed by atoms with van der Waals surface area (Å²) in [5, 5.41) is 4.04. The molecular weight excluding hydrogens is 500 g/mol. The van der Waals surface area contributed by atoms with Crippen LogP contribution in [0.4, 0.5) is 0 Å². The molecule has 1 N–H and O–H groups in total. The van der Waals surface area contributed by atoms with Gasteiger partial charge in [-0.25, -0.2) is 15.4 Å². The molecule has 0 aliphatic heterocycles. The summed E-state index contributed by atoms with van der Waals surface area (Å²) in [4.78, 5) is 25.2. The Hall–Kier alpha value is -3.79. The third-order valence-corrected chi connectivity index (χ3v) is 5.54. The van der Waals surface area contributed by atoms with Crippen molar-refractivity contribution in [2.75, 3.05) is 7.11 Å². The molecule has 0 fully saturated rings. The number of nitrogens with zero attached hydrogens (tertiary/aromatic N) is 5. The number of imidazole rings is 1. The van der Waals surface area contributed by atoms with E-state index in [1.165, 1.54) is 12.5 Å². The van der Waals surface area contributed by atoms with Crippen LogP contribution in [0, 0.1) is 0 Å². The van der Waals surface area contributed by atoms with Gasteiger partial charge in [0.05, 0.1) is 19.7 Å². The second-order valence-electron chi connectivity index (χ2n) is 7.35. The lowest BCUT2D eigenvalue weighted by Gasteiger charge is -2.09. The first kappa shape index (κ1) is 23.4. The summed E-state index contributed by atoms with van der Waals surface area (Å²) in [7, 11) is 1.55. The summed E-state index contributed by atoms with van der Waals surface area (Å²) in [6, 6.07) is 12.3. The lowest BCUT2D eigenvalue weighted by atomic mass is 10.2. The van der Waals surface area contributed by atoms with Crippen LogP contribution < -0.4 is 14.9 Å². The predicted octanol–water partition coefficient (Wildman–Crippen LogP) is 4.95. The van der Waals surface area contributed by atoms with Crippen molar-refractivity contribution in [1.29, 1.82) is 0 Å².